The number of carbonyl (C=O) groups is 1. The van der Waals surface area contributed by atoms with Crippen molar-refractivity contribution in [1.29, 1.82) is 0 Å². The number of fused-ring (bicyclic) bond motifs is 1. The number of aromatic amines is 1. The Bertz CT molecular complexity index is 998. The number of pyridine rings is 2. The number of rotatable bonds is 3. The Hall–Kier alpha value is -3.61. The number of nitrogens with one attached hydrogen (secondary N) is 2. The molecule has 0 radical (unpaired) electrons. The molecule has 0 atom stereocenters. The largest absolute Gasteiger partial charge is 0.291 e. The van der Waals surface area contributed by atoms with Gasteiger partial charge in [0.1, 0.15) is 6.33 Å². The van der Waals surface area contributed by atoms with E-state index in [4.69, 9.17) is 0 Å². The highest BCUT2D eigenvalue weighted by molar-refractivity contribution is 6.12. The van der Waals surface area contributed by atoms with E-state index in [1.165, 1.54) is 6.33 Å². The number of H-pyrrole nitrogens is 1. The predicted octanol–water partition coefficient (Wildman–Crippen LogP) is 2.67. The second kappa shape index (κ2) is 5.88. The fraction of sp³-hybridized carbons (Fsp3) is 0. The smallest absolute Gasteiger partial charge is 0.258 e. The average molecular weight is 316 g/mol. The van der Waals surface area contributed by atoms with Crippen LogP contribution in [0.3, 0.4) is 0 Å². The Labute approximate surface area is 136 Å². The summed E-state index contributed by atoms with van der Waals surface area (Å²) in [6, 6.07) is 14.8. The molecule has 0 unspecified atom stereocenters. The zero-order chi connectivity index (χ0) is 16.4. The summed E-state index contributed by atoms with van der Waals surface area (Å²) < 4.78 is 0. The number of hydrogen-bond donors (Lipinski definition) is 2. The SMILES string of the molecule is O=C(Nc1ncn[nH]1)c1cc(-c2ccccn2)nc2ccccc12. The first-order valence-corrected chi connectivity index (χ1v) is 7.29. The van der Waals surface area contributed by atoms with Crippen molar-refractivity contribution in [3.05, 3.63) is 66.6 Å². The molecule has 1 amide bonds. The van der Waals surface area contributed by atoms with E-state index in [0.29, 0.717) is 22.9 Å². The molecular weight excluding hydrogens is 304 g/mol. The maximum Gasteiger partial charge on any atom is 0.258 e. The molecule has 0 aliphatic rings. The van der Waals surface area contributed by atoms with Crippen molar-refractivity contribution < 1.29 is 4.79 Å². The highest BCUT2D eigenvalue weighted by Crippen LogP contribution is 2.24. The number of para-hydroxylation sites is 1. The zero-order valence-electron chi connectivity index (χ0n) is 12.5. The van der Waals surface area contributed by atoms with Gasteiger partial charge in [-0.1, -0.05) is 24.3 Å². The topological polar surface area (TPSA) is 96.5 Å². The van der Waals surface area contributed by atoms with E-state index >= 15 is 0 Å². The molecule has 3 heterocycles. The second-order valence-electron chi connectivity index (χ2n) is 5.08. The molecule has 0 aliphatic carbocycles. The van der Waals surface area contributed by atoms with Crippen LogP contribution in [0.1, 0.15) is 10.4 Å². The third kappa shape index (κ3) is 2.58. The lowest BCUT2D eigenvalue weighted by Crippen LogP contribution is -2.14. The number of benzene rings is 1. The molecule has 0 saturated heterocycles. The minimum atomic E-state index is -0.289. The summed E-state index contributed by atoms with van der Waals surface area (Å²) in [4.78, 5) is 25.5. The summed E-state index contributed by atoms with van der Waals surface area (Å²) in [6.45, 7) is 0. The summed E-state index contributed by atoms with van der Waals surface area (Å²) in [5, 5.41) is 9.79. The first kappa shape index (κ1) is 14.0. The first-order chi connectivity index (χ1) is 11.8. The number of nitrogens with zero attached hydrogens (tertiary/aromatic N) is 4. The molecule has 7 nitrogen and oxygen atoms in total. The van der Waals surface area contributed by atoms with E-state index in [-0.39, 0.29) is 5.91 Å². The van der Waals surface area contributed by atoms with Crippen LogP contribution in [-0.2, 0) is 0 Å². The Morgan fingerprint density at radius 1 is 1.00 bits per heavy atom. The number of amides is 1. The Morgan fingerprint density at radius 2 is 1.88 bits per heavy atom. The molecular formula is C17H12N6O. The summed E-state index contributed by atoms with van der Waals surface area (Å²) >= 11 is 0. The van der Waals surface area contributed by atoms with Crippen LogP contribution in [-0.4, -0.2) is 31.1 Å². The van der Waals surface area contributed by atoms with Gasteiger partial charge in [-0.3, -0.25) is 15.1 Å². The first-order valence-electron chi connectivity index (χ1n) is 7.29. The van der Waals surface area contributed by atoms with Gasteiger partial charge < -0.3 is 0 Å². The highest BCUT2D eigenvalue weighted by Gasteiger charge is 2.15. The molecule has 0 spiro atoms. The summed E-state index contributed by atoms with van der Waals surface area (Å²) in [5.41, 5.74) is 2.56. The number of carbonyl (C=O) groups excluding carboxylic acids is 1. The van der Waals surface area contributed by atoms with Crippen molar-refractivity contribution in [1.82, 2.24) is 25.1 Å². The maximum absolute atomic E-state index is 12.7. The predicted molar refractivity (Wildman–Crippen MR) is 89.3 cm³/mol. The van der Waals surface area contributed by atoms with Gasteiger partial charge in [-0.15, -0.1) is 0 Å². The van der Waals surface area contributed by atoms with E-state index < -0.39 is 0 Å². The minimum Gasteiger partial charge on any atom is -0.291 e. The summed E-state index contributed by atoms with van der Waals surface area (Å²) in [7, 11) is 0. The fourth-order valence-electron chi connectivity index (χ4n) is 2.45. The molecule has 116 valence electrons. The van der Waals surface area contributed by atoms with Crippen LogP contribution in [0.25, 0.3) is 22.3 Å². The van der Waals surface area contributed by atoms with Crippen LogP contribution in [0.2, 0.25) is 0 Å². The molecule has 7 heteroatoms. The lowest BCUT2D eigenvalue weighted by Gasteiger charge is -2.09. The molecule has 1 aromatic carbocycles. The molecule has 4 aromatic rings. The van der Waals surface area contributed by atoms with Gasteiger partial charge in [-0.05, 0) is 24.3 Å². The van der Waals surface area contributed by atoms with E-state index in [9.17, 15) is 4.79 Å². The van der Waals surface area contributed by atoms with Gasteiger partial charge in [0.25, 0.3) is 5.91 Å². The van der Waals surface area contributed by atoms with Gasteiger partial charge in [0.05, 0.1) is 22.5 Å². The third-order valence-corrected chi connectivity index (χ3v) is 3.54. The van der Waals surface area contributed by atoms with Gasteiger partial charge in [0.15, 0.2) is 0 Å². The molecule has 4 rings (SSSR count). The van der Waals surface area contributed by atoms with Crippen molar-refractivity contribution in [3.8, 4) is 11.4 Å². The van der Waals surface area contributed by atoms with Crippen molar-refractivity contribution in [2.75, 3.05) is 5.32 Å². The molecule has 0 fully saturated rings. The third-order valence-electron chi connectivity index (χ3n) is 3.54. The number of hydrogen-bond acceptors (Lipinski definition) is 5. The molecule has 0 aliphatic heterocycles. The maximum atomic E-state index is 12.7. The average Bonchev–Trinajstić information content (AvgIpc) is 3.14. The second-order valence-corrected chi connectivity index (χ2v) is 5.08. The Balaban J connectivity index is 1.85. The quantitative estimate of drug-likeness (QED) is 0.605. The van der Waals surface area contributed by atoms with Crippen LogP contribution in [0.15, 0.2) is 61.1 Å². The number of aromatic nitrogens is 5. The molecule has 24 heavy (non-hydrogen) atoms. The monoisotopic (exact) mass is 316 g/mol. The van der Waals surface area contributed by atoms with E-state index in [1.807, 2.05) is 42.5 Å². The van der Waals surface area contributed by atoms with Crippen LogP contribution < -0.4 is 5.32 Å². The van der Waals surface area contributed by atoms with Crippen molar-refractivity contribution in [2.45, 2.75) is 0 Å². The Morgan fingerprint density at radius 3 is 2.67 bits per heavy atom. The molecule has 0 saturated carbocycles. The normalized spacial score (nSPS) is 10.7. The van der Waals surface area contributed by atoms with E-state index in [2.05, 4.69) is 30.5 Å². The summed E-state index contributed by atoms with van der Waals surface area (Å²) in [6.07, 6.45) is 3.03. The van der Waals surface area contributed by atoms with Gasteiger partial charge in [0.2, 0.25) is 5.95 Å². The standard InChI is InChI=1S/C17H12N6O/c24-16(22-17-19-10-20-23-17)12-9-15(14-7-3-4-8-18-14)21-13-6-2-1-5-11(12)13/h1-10H,(H2,19,20,22,23,24). The van der Waals surface area contributed by atoms with Gasteiger partial charge in [0, 0.05) is 11.6 Å². The minimum absolute atomic E-state index is 0.289. The lowest BCUT2D eigenvalue weighted by atomic mass is 10.1. The van der Waals surface area contributed by atoms with Crippen molar-refractivity contribution in [3.63, 3.8) is 0 Å². The highest BCUT2D eigenvalue weighted by atomic mass is 16.1. The molecule has 2 N–H and O–H groups in total. The zero-order valence-corrected chi connectivity index (χ0v) is 12.5. The van der Waals surface area contributed by atoms with Crippen LogP contribution in [0.5, 0.6) is 0 Å². The van der Waals surface area contributed by atoms with Crippen LogP contribution >= 0.6 is 0 Å². The summed E-state index contributed by atoms with van der Waals surface area (Å²) in [5.74, 6) is 0.00260. The van der Waals surface area contributed by atoms with E-state index in [0.717, 1.165) is 10.9 Å². The van der Waals surface area contributed by atoms with Gasteiger partial charge >= 0.3 is 0 Å². The molecule has 0 bridgehead atoms. The fourth-order valence-corrected chi connectivity index (χ4v) is 2.45. The van der Waals surface area contributed by atoms with Crippen molar-refractivity contribution >= 4 is 22.8 Å². The van der Waals surface area contributed by atoms with Gasteiger partial charge in [-0.2, -0.15) is 10.1 Å². The molecule has 3 aromatic heterocycles. The van der Waals surface area contributed by atoms with Crippen molar-refractivity contribution in [2.24, 2.45) is 0 Å². The van der Waals surface area contributed by atoms with Crippen LogP contribution in [0, 0.1) is 0 Å². The number of anilines is 1. The lowest BCUT2D eigenvalue weighted by molar-refractivity contribution is 0.102. The van der Waals surface area contributed by atoms with E-state index in [1.54, 1.807) is 12.3 Å². The van der Waals surface area contributed by atoms with Gasteiger partial charge in [-0.25, -0.2) is 10.1 Å². The van der Waals surface area contributed by atoms with Crippen LogP contribution in [0.4, 0.5) is 5.95 Å². The Kier molecular flexibility index (Phi) is 3.43.